The molecule has 15 heteroatoms. The summed E-state index contributed by atoms with van der Waals surface area (Å²) in [7, 11) is 1.47. The summed E-state index contributed by atoms with van der Waals surface area (Å²) in [5.41, 5.74) is -0.572. The van der Waals surface area contributed by atoms with Crippen molar-refractivity contribution in [2.45, 2.75) is 118 Å². The molecule has 2 aromatic rings. The van der Waals surface area contributed by atoms with Gasteiger partial charge in [-0.2, -0.15) is 0 Å². The molecule has 6 rings (SSSR count). The molecule has 0 radical (unpaired) electrons. The molecule has 4 aliphatic rings. The van der Waals surface area contributed by atoms with Crippen LogP contribution in [0.15, 0.2) is 46.1 Å². The van der Waals surface area contributed by atoms with Crippen molar-refractivity contribution in [3.8, 4) is 17.2 Å². The minimum Gasteiger partial charge on any atom is -0.507 e. The minimum atomic E-state index is -1.96. The maximum Gasteiger partial charge on any atom is 0.312 e. The van der Waals surface area contributed by atoms with Gasteiger partial charge in [-0.1, -0.05) is 59.8 Å². The Morgan fingerprint density at radius 3 is 2.25 bits per heavy atom. The minimum absolute atomic E-state index is 0.0364. The normalized spacial score (nSPS) is 30.8. The van der Waals surface area contributed by atoms with Crippen molar-refractivity contribution in [3.05, 3.63) is 58.0 Å². The molecule has 1 amide bonds. The molecule has 4 bridgehead atoms. The number of ether oxygens (including phenoxy) is 4. The van der Waals surface area contributed by atoms with Gasteiger partial charge in [-0.3, -0.25) is 24.4 Å². The van der Waals surface area contributed by atoms with Gasteiger partial charge in [-0.25, -0.2) is 0 Å². The lowest BCUT2D eigenvalue weighted by molar-refractivity contribution is -0.160. The number of piperidine rings is 1. The number of nitrogens with zero attached hydrogens (tertiary/aromatic N) is 3. The van der Waals surface area contributed by atoms with Gasteiger partial charge in [0.2, 0.25) is 0 Å². The third kappa shape index (κ3) is 8.54. The number of aliphatic hydroxyl groups is 2. The van der Waals surface area contributed by atoms with Crippen molar-refractivity contribution in [1.29, 1.82) is 0 Å². The number of amides is 1. The molecule has 5 N–H and O–H groups in total. The molecule has 1 fully saturated rings. The van der Waals surface area contributed by atoms with E-state index in [1.807, 2.05) is 0 Å². The Morgan fingerprint density at radius 2 is 1.62 bits per heavy atom. The van der Waals surface area contributed by atoms with Gasteiger partial charge < -0.3 is 49.6 Å². The average molecular weight is 847 g/mol. The summed E-state index contributed by atoms with van der Waals surface area (Å²) in [4.78, 5) is 53.7. The Kier molecular flexibility index (Phi) is 13.1. The Balaban J connectivity index is 1.54. The molecule has 0 aliphatic carbocycles. The van der Waals surface area contributed by atoms with Crippen molar-refractivity contribution in [1.82, 2.24) is 4.90 Å². The molecule has 0 saturated carbocycles. The van der Waals surface area contributed by atoms with Gasteiger partial charge in [0, 0.05) is 93.6 Å². The molecule has 332 valence electrons. The van der Waals surface area contributed by atoms with E-state index in [2.05, 4.69) is 24.1 Å². The fraction of sp³-hybridized carbons (Fsp3) is 0.587. The predicted molar refractivity (Wildman–Crippen MR) is 228 cm³/mol. The second-order valence-corrected chi connectivity index (χ2v) is 18.0. The number of aromatic hydroxyl groups is 2. The van der Waals surface area contributed by atoms with Gasteiger partial charge in [-0.05, 0) is 25.8 Å². The number of anilines is 1. The fourth-order valence-corrected chi connectivity index (χ4v) is 9.20. The predicted octanol–water partition coefficient (Wildman–Crippen LogP) is 4.75. The summed E-state index contributed by atoms with van der Waals surface area (Å²) in [5, 5.41) is 50.2. The second kappa shape index (κ2) is 17.5. The second-order valence-electron chi connectivity index (χ2n) is 18.0. The largest absolute Gasteiger partial charge is 0.507 e. The number of esters is 1. The first-order valence-electron chi connectivity index (χ1n) is 21.2. The smallest absolute Gasteiger partial charge is 0.312 e. The highest BCUT2D eigenvalue weighted by Crippen LogP contribution is 2.50. The third-order valence-electron chi connectivity index (χ3n) is 12.9. The molecule has 0 aromatic heterocycles. The number of Topliss-reactive ketones (excluding diaryl/α,β-unsaturated/α-hetero) is 1. The Labute approximate surface area is 356 Å². The number of ketones is 1. The first kappa shape index (κ1) is 45.7. The van der Waals surface area contributed by atoms with E-state index < -0.39 is 82.9 Å². The van der Waals surface area contributed by atoms with Crippen LogP contribution in [-0.4, -0.2) is 106 Å². The van der Waals surface area contributed by atoms with Crippen LogP contribution < -0.4 is 20.8 Å². The number of nitrogens with one attached hydrogen (secondary N) is 1. The first-order chi connectivity index (χ1) is 28.6. The topological polar surface area (TPSA) is 209 Å². The quantitative estimate of drug-likeness (QED) is 0.209. The van der Waals surface area contributed by atoms with E-state index in [0.717, 1.165) is 6.54 Å². The summed E-state index contributed by atoms with van der Waals surface area (Å²) in [5.74, 6) is -6.44. The zero-order chi connectivity index (χ0) is 44.9. The highest BCUT2D eigenvalue weighted by molar-refractivity contribution is 6.19. The van der Waals surface area contributed by atoms with Gasteiger partial charge >= 0.3 is 11.8 Å². The highest BCUT2D eigenvalue weighted by atomic mass is 16.7. The van der Waals surface area contributed by atoms with Gasteiger partial charge in [0.05, 0.1) is 40.9 Å². The molecule has 2 aromatic carbocycles. The van der Waals surface area contributed by atoms with Gasteiger partial charge in [0.25, 0.3) is 11.7 Å². The number of carbonyl (C=O) groups excluding carboxylic acids is 3. The number of rotatable bonds is 4. The molecular formula is C46H62N4O11. The highest BCUT2D eigenvalue weighted by Gasteiger charge is 2.50. The molecule has 9 atom stereocenters. The van der Waals surface area contributed by atoms with Crippen LogP contribution in [0.3, 0.4) is 0 Å². The summed E-state index contributed by atoms with van der Waals surface area (Å²) >= 11 is 0. The molecule has 4 heterocycles. The molecule has 0 unspecified atom stereocenters. The Morgan fingerprint density at radius 1 is 0.967 bits per heavy atom. The van der Waals surface area contributed by atoms with Crippen LogP contribution in [0.4, 0.5) is 5.69 Å². The molecule has 15 nitrogen and oxygen atoms in total. The zero-order valence-electron chi connectivity index (χ0n) is 37.1. The zero-order valence-corrected chi connectivity index (χ0v) is 37.1. The number of aliphatic hydroxyl groups excluding tert-OH is 2. The van der Waals surface area contributed by atoms with Crippen LogP contribution >= 0.6 is 0 Å². The van der Waals surface area contributed by atoms with E-state index in [4.69, 9.17) is 28.9 Å². The van der Waals surface area contributed by atoms with Crippen LogP contribution in [0.2, 0.25) is 0 Å². The molecular weight excluding hydrogens is 785 g/mol. The van der Waals surface area contributed by atoms with Crippen molar-refractivity contribution < 1.29 is 53.8 Å². The SMILES string of the molecule is CO[C@H]1C=CO[C@@]2(C)Oc3c(C)c(O)c4c(O)c(c5c(c4c3C2=O)=NC2(CCN(CC(C)C)CC2)N=5)NC(=O)C(C)=CC=C[C@@H](C)[C@H](O)[C@@H](C)[C@@H](O)[C@@H](C)[C@H](OC(C)=O)[C@@H]1C. The maximum absolute atomic E-state index is 14.7. The van der Waals surface area contributed by atoms with E-state index in [9.17, 15) is 34.8 Å². The van der Waals surface area contributed by atoms with Crippen LogP contribution in [0.1, 0.15) is 91.1 Å². The monoisotopic (exact) mass is 846 g/mol. The van der Waals surface area contributed by atoms with E-state index in [-0.39, 0.29) is 55.4 Å². The number of carbonyl (C=O) groups is 3. The van der Waals surface area contributed by atoms with Crippen LogP contribution in [0, 0.1) is 36.5 Å². The Hall–Kier alpha value is -4.83. The number of methoxy groups -OCH3 is 1. The van der Waals surface area contributed by atoms with E-state index in [1.54, 1.807) is 65.8 Å². The number of benzene rings is 2. The number of hydrogen-bond donors (Lipinski definition) is 5. The molecule has 1 saturated heterocycles. The van der Waals surface area contributed by atoms with Crippen LogP contribution in [-0.2, 0) is 23.8 Å². The summed E-state index contributed by atoms with van der Waals surface area (Å²) < 4.78 is 24.0. The van der Waals surface area contributed by atoms with Crippen molar-refractivity contribution in [2.75, 3.05) is 32.1 Å². The average Bonchev–Trinajstić information content (AvgIpc) is 3.71. The maximum atomic E-state index is 14.7. The van der Waals surface area contributed by atoms with E-state index in [0.29, 0.717) is 31.8 Å². The van der Waals surface area contributed by atoms with Gasteiger partial charge in [0.15, 0.2) is 11.4 Å². The lowest BCUT2D eigenvalue weighted by atomic mass is 9.78. The van der Waals surface area contributed by atoms with Crippen LogP contribution in [0.5, 0.6) is 17.2 Å². The number of fused-ring (bicyclic) bond motifs is 1. The standard InChI is InChI=1S/C46H62N4O11/c1-22(2)21-50-18-16-46(17-19-50)48-34-31-32-39(54)28(8)42-33(31)43(56)45(10,61-42)59-20-15-30(58-11)25(5)41(60-29(9)51)27(7)38(53)26(6)37(52)23(3)13-12-14-24(4)44(57)47-36(40(32)55)35(34)49-46/h12-15,20,22-23,25-27,30,37-38,41,52-55H,16-19,21H2,1-11H3,(H,47,57)/t23-,25-,26-,27-,30+,37+,38-,41-,45+/m1/s1. The van der Waals surface area contributed by atoms with Crippen LogP contribution in [0.25, 0.3) is 10.8 Å². The fourth-order valence-electron chi connectivity index (χ4n) is 9.20. The summed E-state index contributed by atoms with van der Waals surface area (Å²) in [6.45, 7) is 19.5. The summed E-state index contributed by atoms with van der Waals surface area (Å²) in [6, 6.07) is 0. The first-order valence-corrected chi connectivity index (χ1v) is 21.2. The number of hydrogen-bond acceptors (Lipinski definition) is 14. The lowest BCUT2D eigenvalue weighted by Crippen LogP contribution is -2.46. The van der Waals surface area contributed by atoms with Crippen molar-refractivity contribution in [2.24, 2.45) is 39.6 Å². The van der Waals surface area contributed by atoms with Crippen molar-refractivity contribution in [3.63, 3.8) is 0 Å². The number of allylic oxidation sites excluding steroid dienone is 2. The summed E-state index contributed by atoms with van der Waals surface area (Å²) in [6.07, 6.45) is 5.04. The lowest BCUT2D eigenvalue weighted by Gasteiger charge is -2.38. The molecule has 61 heavy (non-hydrogen) atoms. The number of likely N-dealkylation sites (tertiary alicyclic amines) is 1. The molecule has 1 spiro atoms. The van der Waals surface area contributed by atoms with E-state index >= 15 is 0 Å². The van der Waals surface area contributed by atoms with E-state index in [1.165, 1.54) is 27.2 Å². The third-order valence-corrected chi connectivity index (χ3v) is 12.9. The van der Waals surface area contributed by atoms with Gasteiger partial charge in [-0.15, -0.1) is 0 Å². The number of phenols is 2. The Bertz CT molecular complexity index is 2300. The number of phenolic OH excluding ortho intramolecular Hbond substituents is 2. The van der Waals surface area contributed by atoms with Crippen molar-refractivity contribution >= 4 is 34.1 Å². The molecule has 4 aliphatic heterocycles. The van der Waals surface area contributed by atoms with Gasteiger partial charge in [0.1, 0.15) is 28.6 Å².